The highest BCUT2D eigenvalue weighted by Gasteiger charge is 2.28. The molecule has 0 fully saturated rings. The highest BCUT2D eigenvalue weighted by Crippen LogP contribution is 2.33. The predicted molar refractivity (Wildman–Crippen MR) is 114 cm³/mol. The number of hydrogen-bond donors (Lipinski definition) is 0. The second-order valence-electron chi connectivity index (χ2n) is 7.37. The van der Waals surface area contributed by atoms with E-state index >= 15 is 0 Å². The minimum atomic E-state index is -0.392. The molecule has 1 aromatic carbocycles. The molecule has 1 atom stereocenters. The molecule has 8 nitrogen and oxygen atoms in total. The lowest BCUT2D eigenvalue weighted by molar-refractivity contribution is -0.384. The van der Waals surface area contributed by atoms with Crippen LogP contribution in [0.3, 0.4) is 0 Å². The van der Waals surface area contributed by atoms with E-state index in [4.69, 9.17) is 4.98 Å². The normalized spacial score (nSPS) is 14.2. The SMILES string of the molecule is CCCC(c1ccc([N+](=O)[O-])cc1)N1CCCn2c1nc(-c1ccncc1)cc2=O. The first-order chi connectivity index (χ1) is 14.6. The van der Waals surface area contributed by atoms with Crippen molar-refractivity contribution in [2.45, 2.75) is 38.8 Å². The predicted octanol–water partition coefficient (Wildman–Crippen LogP) is 3.97. The number of hydrogen-bond acceptors (Lipinski definition) is 6. The third-order valence-electron chi connectivity index (χ3n) is 5.43. The molecule has 1 aliphatic rings. The van der Waals surface area contributed by atoms with Crippen LogP contribution >= 0.6 is 0 Å². The van der Waals surface area contributed by atoms with Gasteiger partial charge in [-0.3, -0.25) is 24.5 Å². The molecule has 0 saturated heterocycles. The monoisotopic (exact) mass is 405 g/mol. The Morgan fingerprint density at radius 3 is 2.53 bits per heavy atom. The number of anilines is 1. The van der Waals surface area contributed by atoms with E-state index in [1.54, 1.807) is 23.0 Å². The molecule has 30 heavy (non-hydrogen) atoms. The smallest absolute Gasteiger partial charge is 0.269 e. The summed E-state index contributed by atoms with van der Waals surface area (Å²) < 4.78 is 1.72. The Bertz CT molecular complexity index is 1100. The number of nitrogens with zero attached hydrogens (tertiary/aromatic N) is 5. The Labute approximate surface area is 174 Å². The average Bonchev–Trinajstić information content (AvgIpc) is 2.78. The molecule has 8 heteroatoms. The number of benzene rings is 1. The van der Waals surface area contributed by atoms with E-state index in [0.717, 1.165) is 36.9 Å². The summed E-state index contributed by atoms with van der Waals surface area (Å²) >= 11 is 0. The zero-order valence-electron chi connectivity index (χ0n) is 16.8. The second kappa shape index (κ2) is 8.44. The number of non-ortho nitro benzene ring substituents is 1. The zero-order chi connectivity index (χ0) is 21.1. The van der Waals surface area contributed by atoms with Gasteiger partial charge < -0.3 is 4.90 Å². The van der Waals surface area contributed by atoms with Crippen LogP contribution in [-0.2, 0) is 6.54 Å². The van der Waals surface area contributed by atoms with Crippen LogP contribution < -0.4 is 10.5 Å². The van der Waals surface area contributed by atoms with Crippen LogP contribution in [0.25, 0.3) is 11.3 Å². The molecule has 0 saturated carbocycles. The fourth-order valence-electron chi connectivity index (χ4n) is 3.98. The van der Waals surface area contributed by atoms with Crippen molar-refractivity contribution < 1.29 is 4.92 Å². The molecule has 154 valence electrons. The zero-order valence-corrected chi connectivity index (χ0v) is 16.8. The highest BCUT2D eigenvalue weighted by molar-refractivity contribution is 5.60. The van der Waals surface area contributed by atoms with Gasteiger partial charge in [-0.05, 0) is 30.5 Å². The summed E-state index contributed by atoms with van der Waals surface area (Å²) in [7, 11) is 0. The number of rotatable bonds is 6. The van der Waals surface area contributed by atoms with E-state index < -0.39 is 4.92 Å². The molecule has 0 bridgehead atoms. The van der Waals surface area contributed by atoms with E-state index in [9.17, 15) is 14.9 Å². The van der Waals surface area contributed by atoms with Gasteiger partial charge in [-0.15, -0.1) is 0 Å². The maximum absolute atomic E-state index is 12.8. The maximum atomic E-state index is 12.8. The van der Waals surface area contributed by atoms with Crippen LogP contribution in [0, 0.1) is 10.1 Å². The molecule has 4 rings (SSSR count). The Kier molecular flexibility index (Phi) is 5.56. The van der Waals surface area contributed by atoms with Gasteiger partial charge in [0.1, 0.15) is 0 Å². The van der Waals surface area contributed by atoms with Crippen molar-refractivity contribution in [3.8, 4) is 11.3 Å². The van der Waals surface area contributed by atoms with Gasteiger partial charge in [0.05, 0.1) is 16.7 Å². The molecule has 0 amide bonds. The quantitative estimate of drug-likeness (QED) is 0.455. The lowest BCUT2D eigenvalue weighted by Gasteiger charge is -2.37. The van der Waals surface area contributed by atoms with Crippen molar-refractivity contribution in [2.75, 3.05) is 11.4 Å². The lowest BCUT2D eigenvalue weighted by atomic mass is 9.99. The Morgan fingerprint density at radius 1 is 1.13 bits per heavy atom. The van der Waals surface area contributed by atoms with Gasteiger partial charge in [0, 0.05) is 49.2 Å². The molecule has 1 aliphatic heterocycles. The number of aromatic nitrogens is 3. The van der Waals surface area contributed by atoms with E-state index in [0.29, 0.717) is 18.2 Å². The topological polar surface area (TPSA) is 94.2 Å². The molecule has 0 radical (unpaired) electrons. The van der Waals surface area contributed by atoms with Crippen molar-refractivity contribution in [1.82, 2.24) is 14.5 Å². The van der Waals surface area contributed by atoms with Crippen molar-refractivity contribution in [3.05, 3.63) is 80.9 Å². The molecule has 0 spiro atoms. The minimum Gasteiger partial charge on any atom is -0.335 e. The van der Waals surface area contributed by atoms with Crippen LogP contribution in [0.1, 0.15) is 37.8 Å². The van der Waals surface area contributed by atoms with Gasteiger partial charge in [0.15, 0.2) is 0 Å². The summed E-state index contributed by atoms with van der Waals surface area (Å²) in [4.78, 5) is 34.5. The number of nitro benzene ring substituents is 1. The molecule has 3 aromatic rings. The van der Waals surface area contributed by atoms with Gasteiger partial charge in [-0.25, -0.2) is 4.98 Å². The van der Waals surface area contributed by atoms with Gasteiger partial charge in [0.25, 0.3) is 11.2 Å². The molecular formula is C22H23N5O3. The summed E-state index contributed by atoms with van der Waals surface area (Å²) in [5, 5.41) is 11.0. The lowest BCUT2D eigenvalue weighted by Crippen LogP contribution is -2.40. The number of pyridine rings is 1. The van der Waals surface area contributed by atoms with Gasteiger partial charge in [0.2, 0.25) is 5.95 Å². The van der Waals surface area contributed by atoms with Crippen molar-refractivity contribution in [3.63, 3.8) is 0 Å². The second-order valence-corrected chi connectivity index (χ2v) is 7.37. The first-order valence-corrected chi connectivity index (χ1v) is 10.1. The Morgan fingerprint density at radius 2 is 1.87 bits per heavy atom. The first-order valence-electron chi connectivity index (χ1n) is 10.1. The fraction of sp³-hybridized carbons (Fsp3) is 0.318. The molecule has 3 heterocycles. The third-order valence-corrected chi connectivity index (χ3v) is 5.43. The molecule has 0 aliphatic carbocycles. The van der Waals surface area contributed by atoms with Crippen LogP contribution in [0.4, 0.5) is 11.6 Å². The molecule has 1 unspecified atom stereocenters. The van der Waals surface area contributed by atoms with Crippen LogP contribution in [0.5, 0.6) is 0 Å². The van der Waals surface area contributed by atoms with E-state index in [2.05, 4.69) is 16.8 Å². The van der Waals surface area contributed by atoms with Crippen molar-refractivity contribution in [2.24, 2.45) is 0 Å². The van der Waals surface area contributed by atoms with Gasteiger partial charge >= 0.3 is 0 Å². The summed E-state index contributed by atoms with van der Waals surface area (Å²) in [6, 6.07) is 11.9. The molecule has 2 aromatic heterocycles. The van der Waals surface area contributed by atoms with Crippen LogP contribution in [0.15, 0.2) is 59.7 Å². The molecule has 0 N–H and O–H groups in total. The number of nitro groups is 1. The standard InChI is InChI=1S/C22H23N5O3/c1-2-4-20(17-5-7-18(8-6-17)27(29)30)25-13-3-14-26-21(28)15-19(24-22(25)26)16-9-11-23-12-10-16/h5-12,15,20H,2-4,13-14H2,1H3. The maximum Gasteiger partial charge on any atom is 0.269 e. The van der Waals surface area contributed by atoms with Crippen LogP contribution in [0.2, 0.25) is 0 Å². The summed E-state index contributed by atoms with van der Waals surface area (Å²) in [5.41, 5.74) is 2.45. The average molecular weight is 405 g/mol. The summed E-state index contributed by atoms with van der Waals surface area (Å²) in [6.45, 7) is 3.51. The largest absolute Gasteiger partial charge is 0.335 e. The van der Waals surface area contributed by atoms with E-state index in [-0.39, 0.29) is 17.3 Å². The van der Waals surface area contributed by atoms with Crippen molar-refractivity contribution in [1.29, 1.82) is 0 Å². The summed E-state index contributed by atoms with van der Waals surface area (Å²) in [6.07, 6.45) is 6.00. The fourth-order valence-corrected chi connectivity index (χ4v) is 3.98. The minimum absolute atomic E-state index is 0.0121. The van der Waals surface area contributed by atoms with Crippen molar-refractivity contribution >= 4 is 11.6 Å². The Balaban J connectivity index is 1.78. The van der Waals surface area contributed by atoms with E-state index in [1.165, 1.54) is 12.1 Å². The number of fused-ring (bicyclic) bond motifs is 1. The van der Waals surface area contributed by atoms with Gasteiger partial charge in [-0.1, -0.05) is 25.5 Å². The molecular weight excluding hydrogens is 382 g/mol. The van der Waals surface area contributed by atoms with Gasteiger partial charge in [-0.2, -0.15) is 0 Å². The van der Waals surface area contributed by atoms with Crippen LogP contribution in [-0.4, -0.2) is 26.0 Å². The van der Waals surface area contributed by atoms with E-state index in [1.807, 2.05) is 24.3 Å². The highest BCUT2D eigenvalue weighted by atomic mass is 16.6. The third kappa shape index (κ3) is 3.80. The Hall–Kier alpha value is -3.55. The first kappa shape index (κ1) is 19.8. The summed E-state index contributed by atoms with van der Waals surface area (Å²) in [5.74, 6) is 0.650.